The summed E-state index contributed by atoms with van der Waals surface area (Å²) in [7, 11) is 3.45. The Labute approximate surface area is 224 Å². The maximum absolute atomic E-state index is 11.2. The summed E-state index contributed by atoms with van der Waals surface area (Å²) in [5.41, 5.74) is 0. The molecule has 0 aromatic heterocycles. The summed E-state index contributed by atoms with van der Waals surface area (Å²) < 4.78 is 0. The van der Waals surface area contributed by atoms with E-state index in [4.69, 9.17) is 0 Å². The summed E-state index contributed by atoms with van der Waals surface area (Å²) in [6.07, 6.45) is 34.3. The summed E-state index contributed by atoms with van der Waals surface area (Å²) in [5, 5.41) is 5.40. The molecule has 2 unspecified atom stereocenters. The Bertz CT molecular complexity index is 478. The van der Waals surface area contributed by atoms with E-state index < -0.39 is 0 Å². The summed E-state index contributed by atoms with van der Waals surface area (Å²) in [6.45, 7) is 0. The van der Waals surface area contributed by atoms with E-state index in [0.717, 1.165) is 24.7 Å². The van der Waals surface area contributed by atoms with Crippen LogP contribution in [0.3, 0.4) is 0 Å². The van der Waals surface area contributed by atoms with Crippen molar-refractivity contribution in [1.82, 2.24) is 10.6 Å². The summed E-state index contributed by atoms with van der Waals surface area (Å²) in [4.78, 5) is 22.4. The van der Waals surface area contributed by atoms with Crippen LogP contribution < -0.4 is 10.6 Å². The van der Waals surface area contributed by atoms with Crippen LogP contribution in [0.4, 0.5) is 0 Å². The molecule has 1 rings (SSSR count). The SMILES string of the molecule is CNC(=O)CCCCCCCCCCCC1CCCC(CCCCCCCCCCCC(=O)NC)C1. The fourth-order valence-corrected chi connectivity index (χ4v) is 6.09. The molecule has 1 saturated carbocycles. The Morgan fingerprint density at radius 2 is 0.806 bits per heavy atom. The smallest absolute Gasteiger partial charge is 0.219 e. The molecule has 1 fully saturated rings. The molecule has 0 spiro atoms. The molecule has 212 valence electrons. The summed E-state index contributed by atoms with van der Waals surface area (Å²) in [5.74, 6) is 2.41. The van der Waals surface area contributed by atoms with Gasteiger partial charge in [-0.05, 0) is 31.1 Å². The van der Waals surface area contributed by atoms with Gasteiger partial charge in [-0.2, -0.15) is 0 Å². The Balaban J connectivity index is 1.85. The molecule has 2 N–H and O–H groups in total. The van der Waals surface area contributed by atoms with Gasteiger partial charge in [-0.3, -0.25) is 9.59 Å². The van der Waals surface area contributed by atoms with Gasteiger partial charge in [-0.15, -0.1) is 0 Å². The second-order valence-corrected chi connectivity index (χ2v) is 11.7. The monoisotopic (exact) mass is 506 g/mol. The van der Waals surface area contributed by atoms with Crippen molar-refractivity contribution in [3.8, 4) is 0 Å². The third-order valence-electron chi connectivity index (χ3n) is 8.48. The number of carbonyl (C=O) groups excluding carboxylic acids is 2. The lowest BCUT2D eigenvalue weighted by molar-refractivity contribution is -0.121. The van der Waals surface area contributed by atoms with Crippen molar-refractivity contribution >= 4 is 11.8 Å². The maximum atomic E-state index is 11.2. The van der Waals surface area contributed by atoms with Crippen LogP contribution in [0.2, 0.25) is 0 Å². The van der Waals surface area contributed by atoms with E-state index in [9.17, 15) is 9.59 Å². The topological polar surface area (TPSA) is 58.2 Å². The first-order valence-electron chi connectivity index (χ1n) is 16.1. The van der Waals surface area contributed by atoms with E-state index >= 15 is 0 Å². The highest BCUT2D eigenvalue weighted by molar-refractivity contribution is 5.75. The highest BCUT2D eigenvalue weighted by atomic mass is 16.2. The zero-order valence-corrected chi connectivity index (χ0v) is 24.4. The number of unbranched alkanes of at least 4 members (excludes halogenated alkanes) is 16. The molecule has 0 radical (unpaired) electrons. The molecule has 0 heterocycles. The fraction of sp³-hybridized carbons (Fsp3) is 0.938. The van der Waals surface area contributed by atoms with Crippen molar-refractivity contribution in [1.29, 1.82) is 0 Å². The van der Waals surface area contributed by atoms with Gasteiger partial charge in [0.2, 0.25) is 11.8 Å². The van der Waals surface area contributed by atoms with Crippen LogP contribution in [0.15, 0.2) is 0 Å². The van der Waals surface area contributed by atoms with Crippen molar-refractivity contribution in [2.45, 2.75) is 167 Å². The first-order valence-corrected chi connectivity index (χ1v) is 16.1. The number of amides is 2. The summed E-state index contributed by atoms with van der Waals surface area (Å²) in [6, 6.07) is 0. The number of carbonyl (C=O) groups is 2. The van der Waals surface area contributed by atoms with Gasteiger partial charge in [0, 0.05) is 26.9 Å². The van der Waals surface area contributed by atoms with Gasteiger partial charge in [-0.25, -0.2) is 0 Å². The third-order valence-corrected chi connectivity index (χ3v) is 8.48. The molecule has 4 heteroatoms. The molecule has 1 aliphatic carbocycles. The van der Waals surface area contributed by atoms with E-state index in [1.165, 1.54) is 141 Å². The van der Waals surface area contributed by atoms with Crippen molar-refractivity contribution in [2.75, 3.05) is 14.1 Å². The van der Waals surface area contributed by atoms with Crippen LogP contribution in [0.25, 0.3) is 0 Å². The van der Waals surface area contributed by atoms with Crippen LogP contribution in [0, 0.1) is 11.8 Å². The second kappa shape index (κ2) is 24.3. The predicted octanol–water partition coefficient (Wildman–Crippen LogP) is 8.87. The molecule has 0 aromatic carbocycles. The molecule has 0 aromatic rings. The molecule has 4 nitrogen and oxygen atoms in total. The van der Waals surface area contributed by atoms with E-state index in [1.807, 2.05) is 0 Å². The second-order valence-electron chi connectivity index (χ2n) is 11.7. The van der Waals surface area contributed by atoms with E-state index in [-0.39, 0.29) is 11.8 Å². The van der Waals surface area contributed by atoms with Crippen LogP contribution in [-0.2, 0) is 9.59 Å². The molecule has 1 aliphatic rings. The van der Waals surface area contributed by atoms with E-state index in [0.29, 0.717) is 12.8 Å². The molecule has 2 amide bonds. The molecule has 2 atom stereocenters. The fourth-order valence-electron chi connectivity index (χ4n) is 6.09. The minimum absolute atomic E-state index is 0.185. The van der Waals surface area contributed by atoms with Gasteiger partial charge in [-0.1, -0.05) is 135 Å². The Hall–Kier alpha value is -1.06. The minimum atomic E-state index is 0.185. The lowest BCUT2D eigenvalue weighted by atomic mass is 9.77. The van der Waals surface area contributed by atoms with Crippen molar-refractivity contribution in [2.24, 2.45) is 11.8 Å². The Morgan fingerprint density at radius 1 is 0.500 bits per heavy atom. The first kappa shape index (κ1) is 33.0. The average Bonchev–Trinajstić information content (AvgIpc) is 2.90. The van der Waals surface area contributed by atoms with E-state index in [2.05, 4.69) is 10.6 Å². The molecular formula is C32H62N2O2. The average molecular weight is 507 g/mol. The molecule has 36 heavy (non-hydrogen) atoms. The Kier molecular flexibility index (Phi) is 22.2. The lowest BCUT2D eigenvalue weighted by Crippen LogP contribution is -2.16. The largest absolute Gasteiger partial charge is 0.359 e. The van der Waals surface area contributed by atoms with Crippen molar-refractivity contribution in [3.63, 3.8) is 0 Å². The van der Waals surface area contributed by atoms with Crippen LogP contribution >= 0.6 is 0 Å². The highest BCUT2D eigenvalue weighted by Gasteiger charge is 2.21. The molecule has 0 saturated heterocycles. The summed E-state index contributed by atoms with van der Waals surface area (Å²) >= 11 is 0. The highest BCUT2D eigenvalue weighted by Crippen LogP contribution is 2.35. The maximum Gasteiger partial charge on any atom is 0.219 e. The quantitative estimate of drug-likeness (QED) is 0.128. The standard InChI is InChI=1S/C32H62N2O2/c1-33-31(35)26-19-15-11-7-3-5-9-13-17-22-29-24-21-25-30(28-29)23-18-14-10-6-4-8-12-16-20-27-32(36)34-2/h29-30H,3-28H2,1-2H3,(H,33,35)(H,34,36). The first-order chi connectivity index (χ1) is 17.7. The van der Waals surface area contributed by atoms with Gasteiger partial charge in [0.1, 0.15) is 0 Å². The van der Waals surface area contributed by atoms with Gasteiger partial charge < -0.3 is 10.6 Å². The number of rotatable bonds is 24. The zero-order valence-electron chi connectivity index (χ0n) is 24.4. The van der Waals surface area contributed by atoms with E-state index in [1.54, 1.807) is 14.1 Å². The minimum Gasteiger partial charge on any atom is -0.359 e. The van der Waals surface area contributed by atoms with Crippen molar-refractivity contribution in [3.05, 3.63) is 0 Å². The van der Waals surface area contributed by atoms with Crippen molar-refractivity contribution < 1.29 is 9.59 Å². The van der Waals surface area contributed by atoms with Crippen LogP contribution in [0.1, 0.15) is 167 Å². The van der Waals surface area contributed by atoms with Gasteiger partial charge in [0.25, 0.3) is 0 Å². The number of hydrogen-bond donors (Lipinski definition) is 2. The van der Waals surface area contributed by atoms with Gasteiger partial charge >= 0.3 is 0 Å². The normalized spacial score (nSPS) is 17.7. The zero-order chi connectivity index (χ0) is 26.1. The number of hydrogen-bond acceptors (Lipinski definition) is 2. The van der Waals surface area contributed by atoms with Gasteiger partial charge in [0.15, 0.2) is 0 Å². The lowest BCUT2D eigenvalue weighted by Gasteiger charge is -2.29. The van der Waals surface area contributed by atoms with Gasteiger partial charge in [0.05, 0.1) is 0 Å². The Morgan fingerprint density at radius 3 is 1.14 bits per heavy atom. The third kappa shape index (κ3) is 20.0. The molecule has 0 bridgehead atoms. The van der Waals surface area contributed by atoms with Crippen LogP contribution in [0.5, 0.6) is 0 Å². The molecule has 0 aliphatic heterocycles. The molecular weight excluding hydrogens is 444 g/mol. The van der Waals surface area contributed by atoms with Crippen LogP contribution in [-0.4, -0.2) is 25.9 Å². The predicted molar refractivity (Wildman–Crippen MR) is 155 cm³/mol. The number of nitrogens with one attached hydrogen (secondary N) is 2.